The molecule has 160 valence electrons. The Labute approximate surface area is 183 Å². The number of hydrogen-bond donors (Lipinski definition) is 2. The van der Waals surface area contributed by atoms with Crippen LogP contribution in [0.15, 0.2) is 54.2 Å². The molecule has 3 heterocycles. The summed E-state index contributed by atoms with van der Waals surface area (Å²) in [5.41, 5.74) is 2.18. The molecular weight excluding hydrogens is 414 g/mol. The van der Waals surface area contributed by atoms with Gasteiger partial charge in [0.2, 0.25) is 5.91 Å². The Bertz CT molecular complexity index is 1040. The molecule has 0 saturated carbocycles. The maximum absolute atomic E-state index is 12.5. The molecule has 8 nitrogen and oxygen atoms in total. The molecule has 1 aliphatic rings. The highest BCUT2D eigenvalue weighted by Gasteiger charge is 2.24. The Morgan fingerprint density at radius 1 is 1.23 bits per heavy atom. The van der Waals surface area contributed by atoms with Gasteiger partial charge in [-0.05, 0) is 48.6 Å². The molecule has 1 aromatic carbocycles. The Kier molecular flexibility index (Phi) is 6.13. The maximum atomic E-state index is 12.5. The average molecular weight is 438 g/mol. The second kappa shape index (κ2) is 9.13. The van der Waals surface area contributed by atoms with Crippen LogP contribution >= 0.6 is 11.3 Å². The van der Waals surface area contributed by atoms with Crippen molar-refractivity contribution < 1.29 is 14.4 Å². The molecule has 0 aliphatic carbocycles. The fourth-order valence-corrected chi connectivity index (χ4v) is 4.43. The van der Waals surface area contributed by atoms with E-state index in [1.54, 1.807) is 39.2 Å². The average Bonchev–Trinajstić information content (AvgIpc) is 3.53. The molecule has 1 unspecified atom stereocenters. The molecule has 3 aromatic rings. The predicted molar refractivity (Wildman–Crippen MR) is 119 cm³/mol. The quantitative estimate of drug-likeness (QED) is 0.580. The molecule has 0 spiro atoms. The SMILES string of the molecule is Cc1ccc(NC(=O)C(=O)NCC(c2cccs2)n2cccn2)cc1N1CCCC1=O. The summed E-state index contributed by atoms with van der Waals surface area (Å²) in [5, 5.41) is 11.6. The highest BCUT2D eigenvalue weighted by molar-refractivity contribution is 7.10. The van der Waals surface area contributed by atoms with Crippen LogP contribution in [0.25, 0.3) is 0 Å². The monoisotopic (exact) mass is 437 g/mol. The number of amides is 3. The summed E-state index contributed by atoms with van der Waals surface area (Å²) >= 11 is 1.56. The van der Waals surface area contributed by atoms with E-state index in [4.69, 9.17) is 0 Å². The third-order valence-electron chi connectivity index (χ3n) is 5.21. The van der Waals surface area contributed by atoms with Crippen LogP contribution in [-0.2, 0) is 14.4 Å². The second-order valence-corrected chi connectivity index (χ2v) is 8.31. The van der Waals surface area contributed by atoms with Crippen molar-refractivity contribution in [2.45, 2.75) is 25.8 Å². The molecule has 0 radical (unpaired) electrons. The molecule has 0 bridgehead atoms. The normalized spacial score (nSPS) is 14.5. The van der Waals surface area contributed by atoms with Crippen LogP contribution in [0.4, 0.5) is 11.4 Å². The van der Waals surface area contributed by atoms with Gasteiger partial charge in [0.05, 0.1) is 0 Å². The number of aryl methyl sites for hydroxylation is 1. The standard InChI is InChI=1S/C22H23N5O3S/c1-15-7-8-16(13-17(15)26-10-2-6-20(26)28)25-22(30)21(29)23-14-18(19-5-3-12-31-19)27-11-4-9-24-27/h3-5,7-9,11-13,18H,2,6,10,14H2,1H3,(H,23,29)(H,25,30). The lowest BCUT2D eigenvalue weighted by Gasteiger charge is -2.19. The predicted octanol–water partition coefficient (Wildman–Crippen LogP) is 2.72. The van der Waals surface area contributed by atoms with Gasteiger partial charge in [0.25, 0.3) is 0 Å². The number of nitrogens with zero attached hydrogens (tertiary/aromatic N) is 3. The highest BCUT2D eigenvalue weighted by atomic mass is 32.1. The van der Waals surface area contributed by atoms with E-state index in [-0.39, 0.29) is 18.5 Å². The minimum Gasteiger partial charge on any atom is -0.345 e. The molecule has 1 fully saturated rings. The molecule has 4 rings (SSSR count). The molecule has 9 heteroatoms. The minimum absolute atomic E-state index is 0.0718. The van der Waals surface area contributed by atoms with E-state index in [0.29, 0.717) is 18.7 Å². The molecule has 2 aromatic heterocycles. The molecule has 31 heavy (non-hydrogen) atoms. The largest absolute Gasteiger partial charge is 0.345 e. The second-order valence-electron chi connectivity index (χ2n) is 7.33. The van der Waals surface area contributed by atoms with Crippen LogP contribution in [0.2, 0.25) is 0 Å². The van der Waals surface area contributed by atoms with Crippen LogP contribution in [-0.4, -0.2) is 40.6 Å². The van der Waals surface area contributed by atoms with Gasteiger partial charge in [-0.25, -0.2) is 0 Å². The zero-order valence-electron chi connectivity index (χ0n) is 17.1. The lowest BCUT2D eigenvalue weighted by atomic mass is 10.1. The van der Waals surface area contributed by atoms with Gasteiger partial charge in [-0.1, -0.05) is 12.1 Å². The Morgan fingerprint density at radius 2 is 2.10 bits per heavy atom. The van der Waals surface area contributed by atoms with Gasteiger partial charge in [-0.15, -0.1) is 11.3 Å². The first-order chi connectivity index (χ1) is 15.0. The van der Waals surface area contributed by atoms with Crippen molar-refractivity contribution in [2.24, 2.45) is 0 Å². The van der Waals surface area contributed by atoms with Crippen LogP contribution in [0.3, 0.4) is 0 Å². The molecular formula is C22H23N5O3S. The van der Waals surface area contributed by atoms with E-state index >= 15 is 0 Å². The Morgan fingerprint density at radius 3 is 2.77 bits per heavy atom. The first-order valence-corrected chi connectivity index (χ1v) is 10.9. The number of thiophene rings is 1. The number of hydrogen-bond acceptors (Lipinski definition) is 5. The Hall–Kier alpha value is -3.46. The van der Waals surface area contributed by atoms with Crippen LogP contribution in [0.5, 0.6) is 0 Å². The van der Waals surface area contributed by atoms with Gasteiger partial charge in [0.1, 0.15) is 6.04 Å². The summed E-state index contributed by atoms with van der Waals surface area (Å²) in [7, 11) is 0. The first kappa shape index (κ1) is 20.8. The molecule has 1 aliphatic heterocycles. The van der Waals surface area contributed by atoms with Gasteiger partial charge in [-0.3, -0.25) is 19.1 Å². The summed E-state index contributed by atoms with van der Waals surface area (Å²) < 4.78 is 1.75. The third kappa shape index (κ3) is 4.66. The number of rotatable bonds is 6. The van der Waals surface area contributed by atoms with Crippen LogP contribution in [0, 0.1) is 6.92 Å². The van der Waals surface area contributed by atoms with Crippen molar-refractivity contribution in [3.63, 3.8) is 0 Å². The summed E-state index contributed by atoms with van der Waals surface area (Å²) in [6.45, 7) is 2.81. The van der Waals surface area contributed by atoms with Crippen molar-refractivity contribution >= 4 is 40.4 Å². The van der Waals surface area contributed by atoms with E-state index in [1.807, 2.05) is 42.8 Å². The number of aromatic nitrogens is 2. The summed E-state index contributed by atoms with van der Waals surface area (Å²) in [4.78, 5) is 39.7. The van der Waals surface area contributed by atoms with E-state index < -0.39 is 11.8 Å². The minimum atomic E-state index is -0.757. The molecule has 1 saturated heterocycles. The lowest BCUT2D eigenvalue weighted by molar-refractivity contribution is -0.136. The molecule has 1 atom stereocenters. The van der Waals surface area contributed by atoms with Crippen LogP contribution < -0.4 is 15.5 Å². The van der Waals surface area contributed by atoms with Crippen molar-refractivity contribution in [3.8, 4) is 0 Å². The van der Waals surface area contributed by atoms with E-state index in [2.05, 4.69) is 15.7 Å². The number of anilines is 2. The fourth-order valence-electron chi connectivity index (χ4n) is 3.61. The first-order valence-electron chi connectivity index (χ1n) is 10.1. The van der Waals surface area contributed by atoms with Crippen molar-refractivity contribution in [3.05, 3.63) is 64.6 Å². The zero-order chi connectivity index (χ0) is 21.8. The zero-order valence-corrected chi connectivity index (χ0v) is 17.9. The molecule has 3 amide bonds. The number of carbonyl (C=O) groups excluding carboxylic acids is 3. The van der Waals surface area contributed by atoms with Gasteiger partial charge >= 0.3 is 11.8 Å². The molecule has 2 N–H and O–H groups in total. The van der Waals surface area contributed by atoms with Gasteiger partial charge in [-0.2, -0.15) is 5.10 Å². The fraction of sp³-hybridized carbons (Fsp3) is 0.273. The summed E-state index contributed by atoms with van der Waals surface area (Å²) in [5.74, 6) is -1.41. The lowest BCUT2D eigenvalue weighted by Crippen LogP contribution is -2.38. The summed E-state index contributed by atoms with van der Waals surface area (Å²) in [6, 6.07) is 10.8. The van der Waals surface area contributed by atoms with Crippen molar-refractivity contribution in [1.82, 2.24) is 15.1 Å². The number of carbonyl (C=O) groups is 3. The van der Waals surface area contributed by atoms with Gasteiger partial charge in [0.15, 0.2) is 0 Å². The number of nitrogens with one attached hydrogen (secondary N) is 2. The number of benzene rings is 1. The summed E-state index contributed by atoms with van der Waals surface area (Å²) in [6.07, 6.45) is 4.85. The third-order valence-corrected chi connectivity index (χ3v) is 6.18. The maximum Gasteiger partial charge on any atom is 0.313 e. The van der Waals surface area contributed by atoms with E-state index in [1.165, 1.54) is 0 Å². The van der Waals surface area contributed by atoms with E-state index in [0.717, 1.165) is 22.5 Å². The van der Waals surface area contributed by atoms with Gasteiger partial charge < -0.3 is 15.5 Å². The smallest absolute Gasteiger partial charge is 0.313 e. The van der Waals surface area contributed by atoms with Crippen molar-refractivity contribution in [1.29, 1.82) is 0 Å². The van der Waals surface area contributed by atoms with Crippen LogP contribution in [0.1, 0.15) is 29.3 Å². The Balaban J connectivity index is 1.41. The van der Waals surface area contributed by atoms with Gasteiger partial charge in [0, 0.05) is 48.2 Å². The highest BCUT2D eigenvalue weighted by Crippen LogP contribution is 2.28. The van der Waals surface area contributed by atoms with E-state index in [9.17, 15) is 14.4 Å². The topological polar surface area (TPSA) is 96.3 Å². The van der Waals surface area contributed by atoms with Crippen molar-refractivity contribution in [2.75, 3.05) is 23.3 Å².